The van der Waals surface area contributed by atoms with Crippen LogP contribution in [0.5, 0.6) is 11.5 Å². The first-order valence-corrected chi connectivity index (χ1v) is 10.8. The van der Waals surface area contributed by atoms with Crippen molar-refractivity contribution in [2.75, 3.05) is 6.61 Å². The molecule has 0 aliphatic rings. The smallest absolute Gasteiger partial charge is 0.244 e. The van der Waals surface area contributed by atoms with Crippen molar-refractivity contribution in [1.29, 1.82) is 0 Å². The van der Waals surface area contributed by atoms with Gasteiger partial charge in [-0.1, -0.05) is 53.6 Å². The summed E-state index contributed by atoms with van der Waals surface area (Å²) in [5.74, 6) is 1.05. The maximum absolute atomic E-state index is 12.2. The van der Waals surface area contributed by atoms with Gasteiger partial charge < -0.3 is 9.47 Å². The number of carbonyl (C=O) groups excluding carboxylic acids is 1. The Hall–Kier alpha value is -3.31. The molecule has 0 heterocycles. The predicted octanol–water partition coefficient (Wildman–Crippen LogP) is 5.63. The number of ether oxygens (including phenoxy) is 2. The van der Waals surface area contributed by atoms with Gasteiger partial charge in [0, 0.05) is 10.6 Å². The molecule has 0 atom stereocenters. The summed E-state index contributed by atoms with van der Waals surface area (Å²) in [6, 6.07) is 19.1. The van der Waals surface area contributed by atoms with Crippen molar-refractivity contribution in [3.8, 4) is 11.5 Å². The molecular formula is C26H27ClN2O3. The van der Waals surface area contributed by atoms with E-state index >= 15 is 0 Å². The molecule has 166 valence electrons. The van der Waals surface area contributed by atoms with Crippen molar-refractivity contribution in [2.45, 2.75) is 33.8 Å². The SMILES string of the molecule is CCOc1cc(/C=N\NC(=O)Cc2ccc(C)cc2C)ccc1OCc1ccccc1Cl. The van der Waals surface area contributed by atoms with Crippen LogP contribution in [-0.4, -0.2) is 18.7 Å². The summed E-state index contributed by atoms with van der Waals surface area (Å²) < 4.78 is 11.6. The highest BCUT2D eigenvalue weighted by Gasteiger charge is 2.09. The summed E-state index contributed by atoms with van der Waals surface area (Å²) in [6.45, 7) is 6.78. The van der Waals surface area contributed by atoms with Crippen LogP contribution in [0.4, 0.5) is 0 Å². The Morgan fingerprint density at radius 1 is 1.00 bits per heavy atom. The van der Waals surface area contributed by atoms with E-state index in [4.69, 9.17) is 21.1 Å². The fourth-order valence-electron chi connectivity index (χ4n) is 3.20. The Morgan fingerprint density at radius 3 is 2.56 bits per heavy atom. The average Bonchev–Trinajstić information content (AvgIpc) is 2.76. The van der Waals surface area contributed by atoms with Gasteiger partial charge in [0.25, 0.3) is 0 Å². The molecule has 0 unspecified atom stereocenters. The quantitative estimate of drug-likeness (QED) is 0.339. The molecule has 32 heavy (non-hydrogen) atoms. The second-order valence-electron chi connectivity index (χ2n) is 7.42. The van der Waals surface area contributed by atoms with Crippen molar-refractivity contribution < 1.29 is 14.3 Å². The lowest BCUT2D eigenvalue weighted by Gasteiger charge is -2.13. The lowest BCUT2D eigenvalue weighted by Crippen LogP contribution is -2.20. The van der Waals surface area contributed by atoms with Crippen LogP contribution in [0.25, 0.3) is 0 Å². The highest BCUT2D eigenvalue weighted by Crippen LogP contribution is 2.29. The molecule has 3 aromatic rings. The van der Waals surface area contributed by atoms with Gasteiger partial charge >= 0.3 is 0 Å². The van der Waals surface area contributed by atoms with Crippen LogP contribution >= 0.6 is 11.6 Å². The zero-order valence-electron chi connectivity index (χ0n) is 18.5. The Kier molecular flexibility index (Phi) is 8.28. The van der Waals surface area contributed by atoms with Crippen LogP contribution in [0.2, 0.25) is 5.02 Å². The fraction of sp³-hybridized carbons (Fsp3) is 0.231. The van der Waals surface area contributed by atoms with E-state index in [1.165, 1.54) is 5.56 Å². The summed E-state index contributed by atoms with van der Waals surface area (Å²) in [5.41, 5.74) is 7.52. The van der Waals surface area contributed by atoms with Crippen LogP contribution in [0.1, 0.15) is 34.7 Å². The lowest BCUT2D eigenvalue weighted by molar-refractivity contribution is -0.120. The summed E-state index contributed by atoms with van der Waals surface area (Å²) >= 11 is 6.20. The van der Waals surface area contributed by atoms with Crippen LogP contribution in [0, 0.1) is 13.8 Å². The number of nitrogens with zero attached hydrogens (tertiary/aromatic N) is 1. The maximum Gasteiger partial charge on any atom is 0.244 e. The Balaban J connectivity index is 1.62. The number of hydrogen-bond acceptors (Lipinski definition) is 4. The van der Waals surface area contributed by atoms with Crippen LogP contribution in [0.15, 0.2) is 65.8 Å². The number of carbonyl (C=O) groups is 1. The normalized spacial score (nSPS) is 10.9. The molecule has 0 aromatic heterocycles. The standard InChI is InChI=1S/C26H27ClN2O3/c1-4-31-25-14-20(10-12-24(25)32-17-22-7-5-6-8-23(22)27)16-28-29-26(30)15-21-11-9-18(2)13-19(21)3/h5-14,16H,4,15,17H2,1-3H3,(H,29,30)/b28-16-. The van der Waals surface area contributed by atoms with Gasteiger partial charge in [-0.05, 0) is 61.7 Å². The summed E-state index contributed by atoms with van der Waals surface area (Å²) in [7, 11) is 0. The van der Waals surface area contributed by atoms with Crippen molar-refractivity contribution in [3.63, 3.8) is 0 Å². The third-order valence-electron chi connectivity index (χ3n) is 4.86. The molecule has 6 heteroatoms. The number of benzene rings is 3. The second kappa shape index (κ2) is 11.3. The van der Waals surface area contributed by atoms with Gasteiger partial charge in [-0.3, -0.25) is 4.79 Å². The molecule has 0 saturated carbocycles. The number of hydrogen-bond donors (Lipinski definition) is 1. The van der Waals surface area contributed by atoms with Crippen molar-refractivity contribution in [3.05, 3.63) is 93.5 Å². The first kappa shape index (κ1) is 23.4. The molecule has 0 saturated heterocycles. The molecule has 0 fully saturated rings. The minimum atomic E-state index is -0.169. The van der Waals surface area contributed by atoms with Crippen LogP contribution in [0.3, 0.4) is 0 Å². The molecule has 0 spiro atoms. The van der Waals surface area contributed by atoms with Gasteiger partial charge in [0.1, 0.15) is 6.61 Å². The third-order valence-corrected chi connectivity index (χ3v) is 5.23. The number of halogens is 1. The molecule has 1 amide bonds. The number of amides is 1. The number of rotatable bonds is 9. The summed E-state index contributed by atoms with van der Waals surface area (Å²) in [6.07, 6.45) is 1.86. The Morgan fingerprint density at radius 2 is 1.81 bits per heavy atom. The van der Waals surface area contributed by atoms with Gasteiger partial charge in [-0.25, -0.2) is 5.43 Å². The zero-order valence-corrected chi connectivity index (χ0v) is 19.3. The van der Waals surface area contributed by atoms with E-state index in [9.17, 15) is 4.79 Å². The van der Waals surface area contributed by atoms with Crippen LogP contribution < -0.4 is 14.9 Å². The Bertz CT molecular complexity index is 1110. The average molecular weight is 451 g/mol. The molecule has 1 N–H and O–H groups in total. The molecule has 3 aromatic carbocycles. The second-order valence-corrected chi connectivity index (χ2v) is 7.83. The molecule has 5 nitrogen and oxygen atoms in total. The summed E-state index contributed by atoms with van der Waals surface area (Å²) in [4.78, 5) is 12.2. The van der Waals surface area contributed by atoms with Crippen LogP contribution in [-0.2, 0) is 17.8 Å². The number of hydrazone groups is 1. The molecule has 0 radical (unpaired) electrons. The monoisotopic (exact) mass is 450 g/mol. The number of aryl methyl sites for hydroxylation is 2. The van der Waals surface area contributed by atoms with E-state index in [1.54, 1.807) is 6.21 Å². The third kappa shape index (κ3) is 6.59. The lowest BCUT2D eigenvalue weighted by atomic mass is 10.0. The van der Waals surface area contributed by atoms with Crippen molar-refractivity contribution in [1.82, 2.24) is 5.43 Å². The van der Waals surface area contributed by atoms with E-state index in [0.29, 0.717) is 29.7 Å². The van der Waals surface area contributed by atoms with Gasteiger partial charge in [0.05, 0.1) is 19.2 Å². The van der Waals surface area contributed by atoms with Gasteiger partial charge in [0.15, 0.2) is 11.5 Å². The highest BCUT2D eigenvalue weighted by molar-refractivity contribution is 6.31. The van der Waals surface area contributed by atoms with E-state index in [1.807, 2.05) is 75.4 Å². The zero-order chi connectivity index (χ0) is 22.9. The minimum absolute atomic E-state index is 0.169. The predicted molar refractivity (Wildman–Crippen MR) is 129 cm³/mol. The molecule has 0 aliphatic carbocycles. The topological polar surface area (TPSA) is 59.9 Å². The Labute approximate surface area is 194 Å². The first-order valence-electron chi connectivity index (χ1n) is 10.5. The molecular weight excluding hydrogens is 424 g/mol. The van der Waals surface area contributed by atoms with Gasteiger partial charge in [-0.15, -0.1) is 0 Å². The minimum Gasteiger partial charge on any atom is -0.490 e. The van der Waals surface area contributed by atoms with Gasteiger partial charge in [0.2, 0.25) is 5.91 Å². The van der Waals surface area contributed by atoms with E-state index in [-0.39, 0.29) is 12.3 Å². The van der Waals surface area contributed by atoms with E-state index in [2.05, 4.69) is 16.6 Å². The van der Waals surface area contributed by atoms with E-state index < -0.39 is 0 Å². The van der Waals surface area contributed by atoms with Gasteiger partial charge in [-0.2, -0.15) is 5.10 Å². The fourth-order valence-corrected chi connectivity index (χ4v) is 3.39. The highest BCUT2D eigenvalue weighted by atomic mass is 35.5. The largest absolute Gasteiger partial charge is 0.490 e. The van der Waals surface area contributed by atoms with E-state index in [0.717, 1.165) is 22.3 Å². The maximum atomic E-state index is 12.2. The van der Waals surface area contributed by atoms with Crippen molar-refractivity contribution >= 4 is 23.7 Å². The molecule has 0 bridgehead atoms. The summed E-state index contributed by atoms with van der Waals surface area (Å²) in [5, 5.41) is 4.74. The molecule has 3 rings (SSSR count). The number of nitrogens with one attached hydrogen (secondary N) is 1. The molecule has 0 aliphatic heterocycles. The first-order chi connectivity index (χ1) is 15.5. The van der Waals surface area contributed by atoms with Crippen molar-refractivity contribution in [2.24, 2.45) is 5.10 Å².